The number of rotatable bonds is 6. The molecule has 0 saturated carbocycles. The van der Waals surface area contributed by atoms with Gasteiger partial charge < -0.3 is 10.0 Å². The van der Waals surface area contributed by atoms with Gasteiger partial charge in [0.1, 0.15) is 0 Å². The number of nitrogens with zero attached hydrogens (tertiary/aromatic N) is 1. The third-order valence-electron chi connectivity index (χ3n) is 2.99. The highest BCUT2D eigenvalue weighted by molar-refractivity contribution is 6.42. The Morgan fingerprint density at radius 1 is 1.30 bits per heavy atom. The second-order valence-corrected chi connectivity index (χ2v) is 5.41. The van der Waals surface area contributed by atoms with Crippen LogP contribution in [0, 0.1) is 5.92 Å². The summed E-state index contributed by atoms with van der Waals surface area (Å²) < 4.78 is 0. The quantitative estimate of drug-likeness (QED) is 0.877. The summed E-state index contributed by atoms with van der Waals surface area (Å²) in [5.41, 5.74) is 0.755. The van der Waals surface area contributed by atoms with Crippen molar-refractivity contribution in [3.05, 3.63) is 33.8 Å². The van der Waals surface area contributed by atoms with Gasteiger partial charge in [-0.25, -0.2) is 0 Å². The van der Waals surface area contributed by atoms with Gasteiger partial charge in [0.05, 0.1) is 22.4 Å². The van der Waals surface area contributed by atoms with E-state index in [1.807, 2.05) is 6.92 Å². The first-order chi connectivity index (χ1) is 9.35. The second-order valence-electron chi connectivity index (χ2n) is 4.60. The third kappa shape index (κ3) is 4.69. The molecule has 0 aliphatic rings. The molecular formula is C14H17Cl2NO3. The van der Waals surface area contributed by atoms with Crippen molar-refractivity contribution in [2.24, 2.45) is 5.92 Å². The molecule has 1 unspecified atom stereocenters. The minimum atomic E-state index is -0.911. The van der Waals surface area contributed by atoms with Crippen molar-refractivity contribution in [3.8, 4) is 0 Å². The van der Waals surface area contributed by atoms with E-state index in [2.05, 4.69) is 0 Å². The fraction of sp³-hybridized carbons (Fsp3) is 0.429. The highest BCUT2D eigenvalue weighted by atomic mass is 35.5. The summed E-state index contributed by atoms with van der Waals surface area (Å²) in [6.07, 6.45) is 0.178. The number of carboxylic acids is 1. The van der Waals surface area contributed by atoms with Gasteiger partial charge in [0, 0.05) is 13.1 Å². The van der Waals surface area contributed by atoms with Crippen LogP contribution in [0.1, 0.15) is 19.4 Å². The molecular weight excluding hydrogens is 301 g/mol. The highest BCUT2D eigenvalue weighted by Gasteiger charge is 2.19. The molecule has 0 fully saturated rings. The van der Waals surface area contributed by atoms with Crippen LogP contribution < -0.4 is 0 Å². The van der Waals surface area contributed by atoms with Gasteiger partial charge in [0.25, 0.3) is 0 Å². The van der Waals surface area contributed by atoms with Crippen LogP contribution in [0.25, 0.3) is 0 Å². The molecule has 0 spiro atoms. The van der Waals surface area contributed by atoms with Crippen molar-refractivity contribution < 1.29 is 14.7 Å². The first-order valence-electron chi connectivity index (χ1n) is 6.29. The Morgan fingerprint density at radius 2 is 1.95 bits per heavy atom. The van der Waals surface area contributed by atoms with Gasteiger partial charge in [0.15, 0.2) is 0 Å². The summed E-state index contributed by atoms with van der Waals surface area (Å²) in [7, 11) is 0. The van der Waals surface area contributed by atoms with Crippen LogP contribution >= 0.6 is 23.2 Å². The molecule has 1 amide bonds. The van der Waals surface area contributed by atoms with E-state index < -0.39 is 11.9 Å². The zero-order chi connectivity index (χ0) is 15.3. The van der Waals surface area contributed by atoms with Gasteiger partial charge in [-0.15, -0.1) is 0 Å². The Balaban J connectivity index is 2.72. The molecule has 0 bridgehead atoms. The molecule has 20 heavy (non-hydrogen) atoms. The number of aliphatic carboxylic acids is 1. The Labute approximate surface area is 128 Å². The number of amides is 1. The Hall–Kier alpha value is -1.26. The van der Waals surface area contributed by atoms with Crippen LogP contribution in [0.5, 0.6) is 0 Å². The van der Waals surface area contributed by atoms with E-state index in [1.54, 1.807) is 25.1 Å². The van der Waals surface area contributed by atoms with Gasteiger partial charge in [-0.2, -0.15) is 0 Å². The van der Waals surface area contributed by atoms with Gasteiger partial charge in [-0.1, -0.05) is 36.2 Å². The number of likely N-dealkylation sites (N-methyl/N-ethyl adjacent to an activating group) is 1. The summed E-state index contributed by atoms with van der Waals surface area (Å²) >= 11 is 11.7. The first kappa shape index (κ1) is 16.8. The highest BCUT2D eigenvalue weighted by Crippen LogP contribution is 2.23. The second kappa shape index (κ2) is 7.50. The lowest BCUT2D eigenvalue weighted by Crippen LogP contribution is -2.37. The number of carbonyl (C=O) groups is 2. The molecule has 0 radical (unpaired) electrons. The zero-order valence-electron chi connectivity index (χ0n) is 11.4. The Kier molecular flexibility index (Phi) is 6.30. The molecule has 6 heteroatoms. The van der Waals surface area contributed by atoms with Crippen LogP contribution in [0.4, 0.5) is 0 Å². The molecule has 0 aliphatic heterocycles. The Morgan fingerprint density at radius 3 is 2.45 bits per heavy atom. The summed E-state index contributed by atoms with van der Waals surface area (Å²) in [6.45, 7) is 4.07. The lowest BCUT2D eigenvalue weighted by atomic mass is 10.1. The molecule has 1 rings (SSSR count). The molecule has 110 valence electrons. The molecule has 1 N–H and O–H groups in total. The summed E-state index contributed by atoms with van der Waals surface area (Å²) in [5, 5.41) is 9.74. The first-order valence-corrected chi connectivity index (χ1v) is 7.05. The van der Waals surface area contributed by atoms with E-state index >= 15 is 0 Å². The average molecular weight is 318 g/mol. The predicted octanol–water partition coefficient (Wildman–Crippen LogP) is 3.11. The van der Waals surface area contributed by atoms with Crippen molar-refractivity contribution in [1.29, 1.82) is 0 Å². The van der Waals surface area contributed by atoms with E-state index in [0.717, 1.165) is 5.56 Å². The average Bonchev–Trinajstić information content (AvgIpc) is 2.39. The molecule has 0 heterocycles. The topological polar surface area (TPSA) is 57.6 Å². The lowest BCUT2D eigenvalue weighted by Gasteiger charge is -2.23. The van der Waals surface area contributed by atoms with Crippen LogP contribution in [0.2, 0.25) is 10.0 Å². The van der Waals surface area contributed by atoms with Crippen molar-refractivity contribution >= 4 is 35.1 Å². The van der Waals surface area contributed by atoms with E-state index in [1.165, 1.54) is 4.90 Å². The van der Waals surface area contributed by atoms with Crippen LogP contribution in [-0.4, -0.2) is 35.0 Å². The maximum absolute atomic E-state index is 12.2. The van der Waals surface area contributed by atoms with E-state index in [-0.39, 0.29) is 18.9 Å². The number of carbonyl (C=O) groups excluding carboxylic acids is 1. The summed E-state index contributed by atoms with van der Waals surface area (Å²) in [5.74, 6) is -1.63. The fourth-order valence-corrected chi connectivity index (χ4v) is 2.07. The SMILES string of the molecule is CCN(CC(C)C(=O)O)C(=O)Cc1ccc(Cl)c(Cl)c1. The van der Waals surface area contributed by atoms with E-state index in [9.17, 15) is 9.59 Å². The minimum absolute atomic E-state index is 0.126. The number of hydrogen-bond donors (Lipinski definition) is 1. The van der Waals surface area contributed by atoms with Crippen LogP contribution in [0.15, 0.2) is 18.2 Å². The standard InChI is InChI=1S/C14H17Cl2NO3/c1-3-17(8-9(2)14(19)20)13(18)7-10-4-5-11(15)12(16)6-10/h4-6,9H,3,7-8H2,1-2H3,(H,19,20). The van der Waals surface area contributed by atoms with Gasteiger partial charge in [0.2, 0.25) is 5.91 Å². The summed E-state index contributed by atoms with van der Waals surface area (Å²) in [6, 6.07) is 5.03. The molecule has 1 aromatic rings. The molecule has 4 nitrogen and oxygen atoms in total. The maximum Gasteiger partial charge on any atom is 0.308 e. The number of hydrogen-bond acceptors (Lipinski definition) is 2. The van der Waals surface area contributed by atoms with Gasteiger partial charge in [-0.3, -0.25) is 9.59 Å². The maximum atomic E-state index is 12.2. The zero-order valence-corrected chi connectivity index (χ0v) is 12.9. The van der Waals surface area contributed by atoms with E-state index in [0.29, 0.717) is 16.6 Å². The molecule has 0 saturated heterocycles. The van der Waals surface area contributed by atoms with Crippen molar-refractivity contribution in [3.63, 3.8) is 0 Å². The molecule has 1 aromatic carbocycles. The molecule has 0 aromatic heterocycles. The number of benzene rings is 1. The van der Waals surface area contributed by atoms with E-state index in [4.69, 9.17) is 28.3 Å². The largest absolute Gasteiger partial charge is 0.481 e. The smallest absolute Gasteiger partial charge is 0.308 e. The lowest BCUT2D eigenvalue weighted by molar-refractivity contribution is -0.142. The number of halogens is 2. The predicted molar refractivity (Wildman–Crippen MR) is 79.2 cm³/mol. The van der Waals surface area contributed by atoms with Crippen molar-refractivity contribution in [2.45, 2.75) is 20.3 Å². The monoisotopic (exact) mass is 317 g/mol. The van der Waals surface area contributed by atoms with Crippen molar-refractivity contribution in [2.75, 3.05) is 13.1 Å². The van der Waals surface area contributed by atoms with Gasteiger partial charge >= 0.3 is 5.97 Å². The fourth-order valence-electron chi connectivity index (χ4n) is 1.75. The van der Waals surface area contributed by atoms with Crippen molar-refractivity contribution in [1.82, 2.24) is 4.90 Å². The van der Waals surface area contributed by atoms with Crippen LogP contribution in [-0.2, 0) is 16.0 Å². The molecule has 0 aliphatic carbocycles. The minimum Gasteiger partial charge on any atom is -0.481 e. The third-order valence-corrected chi connectivity index (χ3v) is 3.73. The normalized spacial score (nSPS) is 12.0. The Bertz CT molecular complexity index is 505. The molecule has 1 atom stereocenters. The number of carboxylic acid groups (broad SMARTS) is 1. The van der Waals surface area contributed by atoms with Gasteiger partial charge in [-0.05, 0) is 24.6 Å². The van der Waals surface area contributed by atoms with Crippen LogP contribution in [0.3, 0.4) is 0 Å². The summed E-state index contributed by atoms with van der Waals surface area (Å²) in [4.78, 5) is 24.5.